The van der Waals surface area contributed by atoms with E-state index < -0.39 is 26.9 Å². The summed E-state index contributed by atoms with van der Waals surface area (Å²) in [6, 6.07) is 8.54. The van der Waals surface area contributed by atoms with Gasteiger partial charge < -0.3 is 9.47 Å². The number of carbonyl (C=O) groups is 2. The number of sulfonamides is 1. The summed E-state index contributed by atoms with van der Waals surface area (Å²) in [5.41, 5.74) is 0.567. The van der Waals surface area contributed by atoms with E-state index >= 15 is 0 Å². The molecule has 0 amide bonds. The van der Waals surface area contributed by atoms with Gasteiger partial charge in [-0.1, -0.05) is 0 Å². The van der Waals surface area contributed by atoms with Crippen LogP contribution in [-0.4, -0.2) is 45.8 Å². The van der Waals surface area contributed by atoms with Crippen molar-refractivity contribution in [3.63, 3.8) is 0 Å². The third-order valence-electron chi connectivity index (χ3n) is 3.25. The molecule has 0 radical (unpaired) electrons. The summed E-state index contributed by atoms with van der Waals surface area (Å²) in [6.07, 6.45) is 1.03. The van der Waals surface area contributed by atoms with Gasteiger partial charge in [-0.05, 0) is 62.2 Å². The van der Waals surface area contributed by atoms with E-state index in [0.717, 1.165) is 12.3 Å². The number of halogens is 2. The van der Waals surface area contributed by atoms with E-state index in [9.17, 15) is 28.1 Å². The van der Waals surface area contributed by atoms with Crippen molar-refractivity contribution in [2.24, 2.45) is 0 Å². The highest BCUT2D eigenvalue weighted by atomic mass is 79.9. The summed E-state index contributed by atoms with van der Waals surface area (Å²) in [5, 5.41) is 10.5. The van der Waals surface area contributed by atoms with Crippen LogP contribution in [0.1, 0.15) is 20.7 Å². The van der Waals surface area contributed by atoms with Crippen LogP contribution in [0.3, 0.4) is 0 Å². The molecule has 0 aromatic heterocycles. The number of benzene rings is 2. The maximum Gasteiger partial charge on any atom is 0.338 e. The first-order valence-electron chi connectivity index (χ1n) is 7.77. The lowest BCUT2D eigenvalue weighted by Gasteiger charge is -2.07. The Bertz CT molecular complexity index is 1070. The molecule has 2 aromatic carbocycles. The second-order valence-corrected chi connectivity index (χ2v) is 8.93. The maximum atomic E-state index is 11.2. The molecule has 162 valence electrons. The Balaban J connectivity index is 0.000000303. The molecule has 0 spiro atoms. The number of nitro groups is 1. The number of hydrogen-bond donors (Lipinski definition) is 1. The molecule has 2 rings (SSSR count). The van der Waals surface area contributed by atoms with Crippen LogP contribution >= 0.6 is 31.9 Å². The summed E-state index contributed by atoms with van der Waals surface area (Å²) in [6.45, 7) is 0. The second-order valence-electron chi connectivity index (χ2n) is 5.48. The number of ether oxygens (including phenoxy) is 2. The predicted octanol–water partition coefficient (Wildman–Crippen LogP) is 3.75. The van der Waals surface area contributed by atoms with E-state index in [1.54, 1.807) is 6.07 Å². The van der Waals surface area contributed by atoms with Gasteiger partial charge in [0.25, 0.3) is 5.69 Å². The van der Waals surface area contributed by atoms with Gasteiger partial charge in [0.2, 0.25) is 10.0 Å². The van der Waals surface area contributed by atoms with Crippen molar-refractivity contribution in [1.29, 1.82) is 0 Å². The smallest absolute Gasteiger partial charge is 0.338 e. The van der Waals surface area contributed by atoms with E-state index in [4.69, 9.17) is 0 Å². The average molecular weight is 568 g/mol. The van der Waals surface area contributed by atoms with Gasteiger partial charge in [0.15, 0.2) is 0 Å². The molecule has 2 aromatic rings. The molecule has 0 atom stereocenters. The second kappa shape index (κ2) is 11.0. The zero-order valence-electron chi connectivity index (χ0n) is 15.8. The van der Waals surface area contributed by atoms with Crippen molar-refractivity contribution in [2.75, 3.05) is 25.2 Å². The lowest BCUT2D eigenvalue weighted by atomic mass is 10.2. The zero-order valence-corrected chi connectivity index (χ0v) is 19.8. The van der Waals surface area contributed by atoms with Gasteiger partial charge in [0, 0.05) is 10.5 Å². The molecule has 30 heavy (non-hydrogen) atoms. The number of carbonyl (C=O) groups excluding carboxylic acids is 2. The van der Waals surface area contributed by atoms with Crippen molar-refractivity contribution in [1.82, 2.24) is 0 Å². The van der Waals surface area contributed by atoms with Crippen molar-refractivity contribution >= 4 is 65.2 Å². The fraction of sp³-hybridized carbons (Fsp3) is 0.176. The summed E-state index contributed by atoms with van der Waals surface area (Å²) in [5.74, 6) is -1.12. The van der Waals surface area contributed by atoms with Crippen LogP contribution in [0.5, 0.6) is 0 Å². The Morgan fingerprint density at radius 2 is 1.43 bits per heavy atom. The number of hydrogen-bond acceptors (Lipinski definition) is 8. The zero-order chi connectivity index (χ0) is 23.1. The topological polar surface area (TPSA) is 142 Å². The Kier molecular flexibility index (Phi) is 9.39. The largest absolute Gasteiger partial charge is 0.465 e. The number of methoxy groups -OCH3 is 2. The highest BCUT2D eigenvalue weighted by Gasteiger charge is 2.16. The van der Waals surface area contributed by atoms with Gasteiger partial charge in [-0.15, -0.1) is 0 Å². The Hall–Kier alpha value is -2.51. The van der Waals surface area contributed by atoms with Gasteiger partial charge in [0.1, 0.15) is 0 Å². The average Bonchev–Trinajstić information content (AvgIpc) is 2.68. The molecule has 0 aliphatic carbocycles. The SMILES string of the molecule is COC(=O)c1ccc(Br)c(NS(C)(=O)=O)c1.COC(=O)c1ccc(Br)c([N+](=O)[O-])c1. The highest BCUT2D eigenvalue weighted by Crippen LogP contribution is 2.26. The lowest BCUT2D eigenvalue weighted by Crippen LogP contribution is -2.11. The quantitative estimate of drug-likeness (QED) is 0.327. The molecule has 0 aliphatic heterocycles. The first-order chi connectivity index (χ1) is 13.9. The first-order valence-corrected chi connectivity index (χ1v) is 11.2. The van der Waals surface area contributed by atoms with E-state index in [1.807, 2.05) is 0 Å². The lowest BCUT2D eigenvalue weighted by molar-refractivity contribution is -0.385. The minimum Gasteiger partial charge on any atom is -0.465 e. The minimum absolute atomic E-state index is 0.155. The first kappa shape index (κ1) is 25.5. The number of nitro benzene ring substituents is 1. The molecular weight excluding hydrogens is 552 g/mol. The van der Waals surface area contributed by atoms with Crippen LogP contribution < -0.4 is 4.72 Å². The normalized spacial score (nSPS) is 10.3. The summed E-state index contributed by atoms with van der Waals surface area (Å²) >= 11 is 6.18. The van der Waals surface area contributed by atoms with Crippen LogP contribution in [0.2, 0.25) is 0 Å². The minimum atomic E-state index is -3.38. The molecule has 1 N–H and O–H groups in total. The molecule has 0 aliphatic rings. The number of nitrogens with one attached hydrogen (secondary N) is 1. The highest BCUT2D eigenvalue weighted by molar-refractivity contribution is 9.11. The molecule has 0 saturated carbocycles. The van der Waals surface area contributed by atoms with E-state index in [-0.39, 0.29) is 16.8 Å². The third kappa shape index (κ3) is 7.72. The Labute approximate surface area is 189 Å². The molecular formula is C17H16Br2N2O8S. The van der Waals surface area contributed by atoms with Crippen molar-refractivity contribution in [2.45, 2.75) is 0 Å². The fourth-order valence-corrected chi connectivity index (χ4v) is 3.38. The monoisotopic (exact) mass is 566 g/mol. The van der Waals surface area contributed by atoms with E-state index in [1.165, 1.54) is 38.5 Å². The number of anilines is 1. The van der Waals surface area contributed by atoms with E-state index in [2.05, 4.69) is 46.1 Å². The summed E-state index contributed by atoms with van der Waals surface area (Å²) in [4.78, 5) is 32.2. The fourth-order valence-electron chi connectivity index (χ4n) is 1.95. The van der Waals surface area contributed by atoms with Crippen LogP contribution in [-0.2, 0) is 19.5 Å². The van der Waals surface area contributed by atoms with Crippen molar-refractivity contribution in [3.8, 4) is 0 Å². The predicted molar refractivity (Wildman–Crippen MR) is 116 cm³/mol. The molecule has 13 heteroatoms. The van der Waals surface area contributed by atoms with E-state index in [0.29, 0.717) is 14.6 Å². The van der Waals surface area contributed by atoms with Crippen molar-refractivity contribution < 1.29 is 32.4 Å². The number of esters is 2. The van der Waals surface area contributed by atoms with Gasteiger partial charge in [0.05, 0.1) is 46.7 Å². The maximum absolute atomic E-state index is 11.2. The molecule has 0 heterocycles. The summed E-state index contributed by atoms with van der Waals surface area (Å²) in [7, 11) is -0.905. The van der Waals surface area contributed by atoms with Gasteiger partial charge in [-0.3, -0.25) is 14.8 Å². The standard InChI is InChI=1S/C9H10BrNO4S.C8H6BrNO4/c1-15-9(12)6-3-4-7(10)8(5-6)11-16(2,13)14;1-14-8(11)5-2-3-6(9)7(4-5)10(12)13/h3-5,11H,1-2H3;2-4H,1H3. The van der Waals surface area contributed by atoms with Crippen LogP contribution in [0, 0.1) is 10.1 Å². The number of rotatable bonds is 5. The van der Waals surface area contributed by atoms with Gasteiger partial charge in [-0.25, -0.2) is 18.0 Å². The Morgan fingerprint density at radius 3 is 1.87 bits per heavy atom. The van der Waals surface area contributed by atoms with Gasteiger partial charge >= 0.3 is 11.9 Å². The molecule has 0 saturated heterocycles. The molecule has 10 nitrogen and oxygen atoms in total. The molecule has 0 unspecified atom stereocenters. The summed E-state index contributed by atoms with van der Waals surface area (Å²) < 4.78 is 34.2. The van der Waals surface area contributed by atoms with Gasteiger partial charge in [-0.2, -0.15) is 0 Å². The van der Waals surface area contributed by atoms with Crippen LogP contribution in [0.4, 0.5) is 11.4 Å². The Morgan fingerprint density at radius 1 is 0.967 bits per heavy atom. The number of nitrogens with zero attached hydrogens (tertiary/aromatic N) is 1. The molecule has 0 bridgehead atoms. The van der Waals surface area contributed by atoms with Crippen LogP contribution in [0.15, 0.2) is 45.3 Å². The van der Waals surface area contributed by atoms with Crippen LogP contribution in [0.25, 0.3) is 0 Å². The third-order valence-corrected chi connectivity index (χ3v) is 5.20. The molecule has 0 fully saturated rings. The van der Waals surface area contributed by atoms with Crippen molar-refractivity contribution in [3.05, 3.63) is 66.6 Å².